The zero-order valence-corrected chi connectivity index (χ0v) is 16.8. The molecule has 0 aromatic heterocycles. The van der Waals surface area contributed by atoms with Gasteiger partial charge in [0.1, 0.15) is 5.60 Å². The van der Waals surface area contributed by atoms with E-state index in [-0.39, 0.29) is 5.97 Å². The second kappa shape index (κ2) is 9.36. The largest absolute Gasteiger partial charge is 0.456 e. The third kappa shape index (κ3) is 6.55. The number of carbonyl (C=O) groups is 1. The van der Waals surface area contributed by atoms with Gasteiger partial charge in [0.15, 0.2) is 0 Å². The number of unbranched alkanes of at least 4 members (excludes halogenated alkanes) is 1. The molecule has 2 rings (SSSR count). The van der Waals surface area contributed by atoms with E-state index in [2.05, 4.69) is 11.9 Å². The molecule has 0 bridgehead atoms. The first-order valence-electron chi connectivity index (χ1n) is 9.50. The van der Waals surface area contributed by atoms with Gasteiger partial charge in [-0.3, -0.25) is 4.99 Å². The number of rotatable bonds is 7. The van der Waals surface area contributed by atoms with E-state index in [0.29, 0.717) is 17.9 Å². The highest BCUT2D eigenvalue weighted by molar-refractivity contribution is 5.97. The van der Waals surface area contributed by atoms with E-state index in [1.807, 2.05) is 63.2 Å². The van der Waals surface area contributed by atoms with Gasteiger partial charge in [0.25, 0.3) is 0 Å². The van der Waals surface area contributed by atoms with Crippen LogP contribution in [0, 0.1) is 0 Å². The van der Waals surface area contributed by atoms with Crippen LogP contribution < -0.4 is 5.73 Å². The molecule has 0 aliphatic heterocycles. The van der Waals surface area contributed by atoms with E-state index in [1.54, 1.807) is 6.07 Å². The molecule has 2 aromatic carbocycles. The first-order chi connectivity index (χ1) is 12.8. The summed E-state index contributed by atoms with van der Waals surface area (Å²) in [5, 5.41) is 0. The standard InChI is InChI=1S/C23H30N2O2/c1-5-6-11-21(24)25-16-17-12-14-18(15-13-17)19-9-7-8-10-20(19)22(26)27-23(2,3)4/h7-10,12-15H,5-6,11,16H2,1-4H3,(H2,24,25). The van der Waals surface area contributed by atoms with Crippen LogP contribution in [0.5, 0.6) is 0 Å². The number of ether oxygens (including phenoxy) is 1. The fraction of sp³-hybridized carbons (Fsp3) is 0.391. The Labute approximate surface area is 162 Å². The third-order valence-electron chi connectivity index (χ3n) is 4.06. The second-order valence-electron chi connectivity index (χ2n) is 7.66. The van der Waals surface area contributed by atoms with Crippen LogP contribution in [0.15, 0.2) is 53.5 Å². The van der Waals surface area contributed by atoms with Crippen molar-refractivity contribution >= 4 is 11.8 Å². The Morgan fingerprint density at radius 1 is 1.07 bits per heavy atom. The normalized spacial score (nSPS) is 12.1. The maximum absolute atomic E-state index is 12.5. The molecule has 0 amide bonds. The molecule has 0 unspecified atom stereocenters. The average molecular weight is 367 g/mol. The Hall–Kier alpha value is -2.62. The highest BCUT2D eigenvalue weighted by Crippen LogP contribution is 2.26. The van der Waals surface area contributed by atoms with Crippen LogP contribution in [0.25, 0.3) is 11.1 Å². The maximum atomic E-state index is 12.5. The lowest BCUT2D eigenvalue weighted by Gasteiger charge is -2.20. The zero-order chi connectivity index (χ0) is 19.9. The summed E-state index contributed by atoms with van der Waals surface area (Å²) in [6.07, 6.45) is 3.02. The molecule has 4 heteroatoms. The molecular formula is C23H30N2O2. The van der Waals surface area contributed by atoms with Crippen molar-refractivity contribution < 1.29 is 9.53 Å². The Balaban J connectivity index is 2.17. The van der Waals surface area contributed by atoms with Crippen molar-refractivity contribution in [3.8, 4) is 11.1 Å². The topological polar surface area (TPSA) is 64.7 Å². The first-order valence-corrected chi connectivity index (χ1v) is 9.50. The van der Waals surface area contributed by atoms with Crippen LogP contribution in [0.2, 0.25) is 0 Å². The molecule has 0 heterocycles. The molecule has 0 saturated heterocycles. The van der Waals surface area contributed by atoms with Crippen LogP contribution >= 0.6 is 0 Å². The van der Waals surface area contributed by atoms with Gasteiger partial charge >= 0.3 is 5.97 Å². The smallest absolute Gasteiger partial charge is 0.339 e. The number of nitrogens with zero attached hydrogens (tertiary/aromatic N) is 1. The predicted molar refractivity (Wildman–Crippen MR) is 112 cm³/mol. The minimum atomic E-state index is -0.524. The van der Waals surface area contributed by atoms with Gasteiger partial charge in [-0.05, 0) is 49.9 Å². The summed E-state index contributed by atoms with van der Waals surface area (Å²) in [4.78, 5) is 17.0. The summed E-state index contributed by atoms with van der Waals surface area (Å²) in [5.74, 6) is 0.395. The van der Waals surface area contributed by atoms with Gasteiger partial charge in [-0.1, -0.05) is 55.8 Å². The van der Waals surface area contributed by atoms with Crippen molar-refractivity contribution in [2.24, 2.45) is 10.7 Å². The summed E-state index contributed by atoms with van der Waals surface area (Å²) in [6.45, 7) is 8.32. The van der Waals surface area contributed by atoms with Gasteiger partial charge in [-0.25, -0.2) is 4.79 Å². The quantitative estimate of drug-likeness (QED) is 0.408. The van der Waals surface area contributed by atoms with E-state index < -0.39 is 5.60 Å². The average Bonchev–Trinajstić information content (AvgIpc) is 2.63. The predicted octanol–water partition coefficient (Wildman–Crippen LogP) is 5.36. The van der Waals surface area contributed by atoms with Crippen molar-refractivity contribution in [2.75, 3.05) is 0 Å². The number of carbonyl (C=O) groups excluding carboxylic acids is 1. The van der Waals surface area contributed by atoms with Crippen LogP contribution in [0.3, 0.4) is 0 Å². The SMILES string of the molecule is CCCCC(N)=NCc1ccc(-c2ccccc2C(=O)OC(C)(C)C)cc1. The second-order valence-corrected chi connectivity index (χ2v) is 7.66. The Morgan fingerprint density at radius 2 is 1.74 bits per heavy atom. The number of hydrogen-bond donors (Lipinski definition) is 1. The van der Waals surface area contributed by atoms with Crippen molar-refractivity contribution in [1.29, 1.82) is 0 Å². The number of aliphatic imine (C=N–C) groups is 1. The summed E-state index contributed by atoms with van der Waals surface area (Å²) in [5.41, 5.74) is 8.91. The highest BCUT2D eigenvalue weighted by atomic mass is 16.6. The maximum Gasteiger partial charge on any atom is 0.339 e. The van der Waals surface area contributed by atoms with Gasteiger partial charge in [-0.15, -0.1) is 0 Å². The van der Waals surface area contributed by atoms with Gasteiger partial charge < -0.3 is 10.5 Å². The lowest BCUT2D eigenvalue weighted by molar-refractivity contribution is 0.00704. The van der Waals surface area contributed by atoms with Gasteiger partial charge in [0.2, 0.25) is 0 Å². The molecule has 2 aromatic rings. The molecule has 2 N–H and O–H groups in total. The lowest BCUT2D eigenvalue weighted by Crippen LogP contribution is -2.24. The number of amidine groups is 1. The van der Waals surface area contributed by atoms with E-state index in [4.69, 9.17) is 10.5 Å². The van der Waals surface area contributed by atoms with E-state index in [1.165, 1.54) is 0 Å². The van der Waals surface area contributed by atoms with Gasteiger partial charge in [-0.2, -0.15) is 0 Å². The zero-order valence-electron chi connectivity index (χ0n) is 16.8. The van der Waals surface area contributed by atoms with E-state index in [9.17, 15) is 4.79 Å². The molecule has 0 atom stereocenters. The van der Waals surface area contributed by atoms with E-state index >= 15 is 0 Å². The van der Waals surface area contributed by atoms with Crippen LogP contribution in [0.4, 0.5) is 0 Å². The third-order valence-corrected chi connectivity index (χ3v) is 4.06. The van der Waals surface area contributed by atoms with Gasteiger partial charge in [0, 0.05) is 6.42 Å². The molecule has 0 saturated carbocycles. The number of esters is 1. The summed E-state index contributed by atoms with van der Waals surface area (Å²) >= 11 is 0. The molecule has 0 radical (unpaired) electrons. The van der Waals surface area contributed by atoms with Crippen molar-refractivity contribution in [1.82, 2.24) is 0 Å². The van der Waals surface area contributed by atoms with Gasteiger partial charge in [0.05, 0.1) is 17.9 Å². The number of nitrogens with two attached hydrogens (primary N) is 1. The van der Waals surface area contributed by atoms with Crippen molar-refractivity contribution in [3.63, 3.8) is 0 Å². The Morgan fingerprint density at radius 3 is 2.37 bits per heavy atom. The lowest BCUT2D eigenvalue weighted by atomic mass is 9.98. The minimum Gasteiger partial charge on any atom is -0.456 e. The number of benzene rings is 2. The molecule has 144 valence electrons. The highest BCUT2D eigenvalue weighted by Gasteiger charge is 2.20. The molecule has 27 heavy (non-hydrogen) atoms. The van der Waals surface area contributed by atoms with E-state index in [0.717, 1.165) is 36.0 Å². The van der Waals surface area contributed by atoms with Crippen molar-refractivity contribution in [3.05, 3.63) is 59.7 Å². The monoisotopic (exact) mass is 366 g/mol. The summed E-state index contributed by atoms with van der Waals surface area (Å²) < 4.78 is 5.54. The summed E-state index contributed by atoms with van der Waals surface area (Å²) in [6, 6.07) is 15.6. The van der Waals surface area contributed by atoms with Crippen molar-refractivity contribution in [2.45, 2.75) is 59.1 Å². The minimum absolute atomic E-state index is 0.310. The molecular weight excluding hydrogens is 336 g/mol. The van der Waals surface area contributed by atoms with Crippen LogP contribution in [-0.4, -0.2) is 17.4 Å². The molecule has 0 spiro atoms. The number of hydrogen-bond acceptors (Lipinski definition) is 3. The first kappa shape index (κ1) is 20.7. The fourth-order valence-electron chi connectivity index (χ4n) is 2.67. The van der Waals surface area contributed by atoms with Crippen LogP contribution in [-0.2, 0) is 11.3 Å². The van der Waals surface area contributed by atoms with Crippen LogP contribution in [0.1, 0.15) is 62.9 Å². The molecule has 0 aliphatic carbocycles. The fourth-order valence-corrected chi connectivity index (χ4v) is 2.67. The molecule has 0 fully saturated rings. The summed E-state index contributed by atoms with van der Waals surface area (Å²) in [7, 11) is 0. The molecule has 0 aliphatic rings. The Bertz CT molecular complexity index is 787. The Kier molecular flexibility index (Phi) is 7.17. The molecule has 4 nitrogen and oxygen atoms in total.